The Labute approximate surface area is 153 Å². The third kappa shape index (κ3) is 5.69. The Hall–Kier alpha value is -1.64. The van der Waals surface area contributed by atoms with Gasteiger partial charge in [-0.1, -0.05) is 30.9 Å². The highest BCUT2D eigenvalue weighted by molar-refractivity contribution is 6.12. The SMILES string of the molecule is C=C(C)CC(CCC)Cn1cc(C(=NC)C2=C(C)CCCCC2)cn1. The maximum Gasteiger partial charge on any atom is 0.0706 e. The van der Waals surface area contributed by atoms with Gasteiger partial charge in [-0.25, -0.2) is 0 Å². The molecule has 138 valence electrons. The molecular weight excluding hydrogens is 306 g/mol. The molecule has 1 aliphatic rings. The van der Waals surface area contributed by atoms with Crippen molar-refractivity contribution in [1.29, 1.82) is 0 Å². The molecule has 0 radical (unpaired) electrons. The molecule has 0 amide bonds. The lowest BCUT2D eigenvalue weighted by Gasteiger charge is -2.16. The quantitative estimate of drug-likeness (QED) is 0.423. The molecular formula is C22H35N3. The van der Waals surface area contributed by atoms with Gasteiger partial charge in [-0.2, -0.15) is 5.10 Å². The highest BCUT2D eigenvalue weighted by Crippen LogP contribution is 2.27. The zero-order valence-electron chi connectivity index (χ0n) is 16.6. The first-order chi connectivity index (χ1) is 12.0. The van der Waals surface area contributed by atoms with Crippen LogP contribution < -0.4 is 0 Å². The summed E-state index contributed by atoms with van der Waals surface area (Å²) in [6, 6.07) is 0. The molecule has 0 aliphatic heterocycles. The largest absolute Gasteiger partial charge is 0.288 e. The fourth-order valence-electron chi connectivity index (χ4n) is 4.00. The molecule has 2 rings (SSSR count). The summed E-state index contributed by atoms with van der Waals surface area (Å²) in [4.78, 5) is 4.64. The number of allylic oxidation sites excluding steroid dienone is 3. The molecule has 0 spiro atoms. The van der Waals surface area contributed by atoms with E-state index in [-0.39, 0.29) is 0 Å². The predicted molar refractivity (Wildman–Crippen MR) is 108 cm³/mol. The summed E-state index contributed by atoms with van der Waals surface area (Å²) in [6.07, 6.45) is 14.0. The smallest absolute Gasteiger partial charge is 0.0706 e. The number of hydrogen-bond acceptors (Lipinski definition) is 2. The molecule has 0 bridgehead atoms. The zero-order valence-corrected chi connectivity index (χ0v) is 16.6. The molecule has 0 aromatic carbocycles. The van der Waals surface area contributed by atoms with Crippen LogP contribution in [0.5, 0.6) is 0 Å². The van der Waals surface area contributed by atoms with Gasteiger partial charge in [0, 0.05) is 25.4 Å². The van der Waals surface area contributed by atoms with Crippen molar-refractivity contribution >= 4 is 5.71 Å². The van der Waals surface area contributed by atoms with E-state index in [1.54, 1.807) is 0 Å². The van der Waals surface area contributed by atoms with Crippen LogP contribution in [0.4, 0.5) is 0 Å². The Balaban J connectivity index is 2.16. The predicted octanol–water partition coefficient (Wildman–Crippen LogP) is 5.97. The number of aromatic nitrogens is 2. The molecule has 1 atom stereocenters. The van der Waals surface area contributed by atoms with Gasteiger partial charge in [-0.05, 0) is 63.9 Å². The van der Waals surface area contributed by atoms with E-state index >= 15 is 0 Å². The Bertz CT molecular complexity index is 633. The first-order valence-corrected chi connectivity index (χ1v) is 9.88. The van der Waals surface area contributed by atoms with Gasteiger partial charge in [0.1, 0.15) is 0 Å². The molecule has 1 aromatic heterocycles. The Morgan fingerprint density at radius 2 is 2.08 bits per heavy atom. The van der Waals surface area contributed by atoms with Crippen LogP contribution in [0.15, 0.2) is 40.7 Å². The molecule has 1 heterocycles. The van der Waals surface area contributed by atoms with E-state index in [9.17, 15) is 0 Å². The molecule has 0 saturated carbocycles. The highest BCUT2D eigenvalue weighted by atomic mass is 15.3. The number of hydrogen-bond donors (Lipinski definition) is 0. The summed E-state index contributed by atoms with van der Waals surface area (Å²) in [7, 11) is 1.92. The van der Waals surface area contributed by atoms with Crippen LogP contribution in [0.2, 0.25) is 0 Å². The highest BCUT2D eigenvalue weighted by Gasteiger charge is 2.17. The first kappa shape index (κ1) is 19.7. The first-order valence-electron chi connectivity index (χ1n) is 9.88. The summed E-state index contributed by atoms with van der Waals surface area (Å²) in [5.41, 5.74) is 6.55. The molecule has 3 nitrogen and oxygen atoms in total. The third-order valence-electron chi connectivity index (χ3n) is 5.19. The van der Waals surface area contributed by atoms with Crippen molar-refractivity contribution in [2.75, 3.05) is 7.05 Å². The van der Waals surface area contributed by atoms with Crippen LogP contribution >= 0.6 is 0 Å². The Morgan fingerprint density at radius 1 is 1.32 bits per heavy atom. The molecule has 0 saturated heterocycles. The maximum absolute atomic E-state index is 4.64. The van der Waals surface area contributed by atoms with E-state index in [0.717, 1.165) is 25.1 Å². The minimum absolute atomic E-state index is 0.621. The van der Waals surface area contributed by atoms with Gasteiger partial charge >= 0.3 is 0 Å². The van der Waals surface area contributed by atoms with Crippen molar-refractivity contribution in [1.82, 2.24) is 9.78 Å². The van der Waals surface area contributed by atoms with Crippen LogP contribution in [0, 0.1) is 5.92 Å². The zero-order chi connectivity index (χ0) is 18.2. The molecule has 3 heteroatoms. The number of aliphatic imine (C=N–C) groups is 1. The van der Waals surface area contributed by atoms with Gasteiger partial charge in [0.25, 0.3) is 0 Å². The van der Waals surface area contributed by atoms with Crippen molar-refractivity contribution in [3.05, 3.63) is 41.3 Å². The van der Waals surface area contributed by atoms with Crippen LogP contribution in [0.1, 0.15) is 77.7 Å². The van der Waals surface area contributed by atoms with Crippen molar-refractivity contribution in [3.63, 3.8) is 0 Å². The molecule has 0 N–H and O–H groups in total. The monoisotopic (exact) mass is 341 g/mol. The van der Waals surface area contributed by atoms with Crippen molar-refractivity contribution in [2.45, 2.75) is 78.7 Å². The van der Waals surface area contributed by atoms with Crippen LogP contribution in [0.25, 0.3) is 0 Å². The average molecular weight is 342 g/mol. The lowest BCUT2D eigenvalue weighted by atomic mass is 9.96. The topological polar surface area (TPSA) is 30.2 Å². The number of rotatable bonds is 8. The van der Waals surface area contributed by atoms with Crippen LogP contribution in [-0.4, -0.2) is 22.5 Å². The average Bonchev–Trinajstić information content (AvgIpc) is 2.90. The fourth-order valence-corrected chi connectivity index (χ4v) is 4.00. The minimum atomic E-state index is 0.621. The molecule has 0 fully saturated rings. The summed E-state index contributed by atoms with van der Waals surface area (Å²) in [5.74, 6) is 0.621. The fraction of sp³-hybridized carbons (Fsp3) is 0.636. The van der Waals surface area contributed by atoms with E-state index in [1.807, 2.05) is 13.2 Å². The van der Waals surface area contributed by atoms with Gasteiger partial charge in [-0.3, -0.25) is 9.67 Å². The maximum atomic E-state index is 4.64. The van der Waals surface area contributed by atoms with E-state index < -0.39 is 0 Å². The summed E-state index contributed by atoms with van der Waals surface area (Å²) < 4.78 is 2.11. The summed E-state index contributed by atoms with van der Waals surface area (Å²) in [6.45, 7) is 11.7. The van der Waals surface area contributed by atoms with Crippen molar-refractivity contribution in [2.24, 2.45) is 10.9 Å². The second-order valence-corrected chi connectivity index (χ2v) is 7.66. The van der Waals surface area contributed by atoms with Crippen LogP contribution in [0.3, 0.4) is 0 Å². The summed E-state index contributed by atoms with van der Waals surface area (Å²) in [5, 5.41) is 4.64. The minimum Gasteiger partial charge on any atom is -0.288 e. The third-order valence-corrected chi connectivity index (χ3v) is 5.19. The Kier molecular flexibility index (Phi) is 7.67. The van der Waals surface area contributed by atoms with E-state index in [2.05, 4.69) is 48.3 Å². The molecule has 1 aromatic rings. The van der Waals surface area contributed by atoms with Gasteiger partial charge < -0.3 is 0 Å². The molecule has 25 heavy (non-hydrogen) atoms. The van der Waals surface area contributed by atoms with Gasteiger partial charge in [0.05, 0.1) is 11.9 Å². The van der Waals surface area contributed by atoms with Crippen molar-refractivity contribution in [3.8, 4) is 0 Å². The van der Waals surface area contributed by atoms with Crippen LogP contribution in [-0.2, 0) is 6.54 Å². The van der Waals surface area contributed by atoms with Crippen molar-refractivity contribution < 1.29 is 0 Å². The van der Waals surface area contributed by atoms with E-state index in [0.29, 0.717) is 5.92 Å². The standard InChI is InChI=1S/C22H35N3/c1-6-10-19(13-17(2)3)15-25-16-20(14-24-25)22(23-5)21-12-9-7-8-11-18(21)4/h14,16,19H,2,6-13,15H2,1,3-5H3. The lowest BCUT2D eigenvalue weighted by molar-refractivity contribution is 0.387. The van der Waals surface area contributed by atoms with Gasteiger partial charge in [0.15, 0.2) is 0 Å². The Morgan fingerprint density at radius 3 is 2.76 bits per heavy atom. The van der Waals surface area contributed by atoms with Gasteiger partial charge in [0.2, 0.25) is 0 Å². The second kappa shape index (κ2) is 9.74. The summed E-state index contributed by atoms with van der Waals surface area (Å²) >= 11 is 0. The van der Waals surface area contributed by atoms with E-state index in [1.165, 1.54) is 60.8 Å². The lowest BCUT2D eigenvalue weighted by Crippen LogP contribution is -2.12. The second-order valence-electron chi connectivity index (χ2n) is 7.66. The molecule has 1 unspecified atom stereocenters. The van der Waals surface area contributed by atoms with E-state index in [4.69, 9.17) is 0 Å². The molecule has 1 aliphatic carbocycles. The normalized spacial score (nSPS) is 17.5. The number of nitrogens with zero attached hydrogens (tertiary/aromatic N) is 3. The van der Waals surface area contributed by atoms with Gasteiger partial charge in [-0.15, -0.1) is 6.58 Å².